The lowest BCUT2D eigenvalue weighted by molar-refractivity contribution is 0.110. The Kier molecular flexibility index (Phi) is 3.68. The van der Waals surface area contributed by atoms with Gasteiger partial charge in [0, 0.05) is 5.56 Å². The Balaban J connectivity index is 1.82. The number of hydrogen-bond acceptors (Lipinski definition) is 3. The maximum absolute atomic E-state index is 10.7. The van der Waals surface area contributed by atoms with Crippen LogP contribution in [0.3, 0.4) is 0 Å². The van der Waals surface area contributed by atoms with Crippen molar-refractivity contribution < 1.29 is 9.21 Å². The third-order valence-corrected chi connectivity index (χ3v) is 4.70. The maximum Gasteiger partial charge on any atom is 0.185 e. The first-order valence-corrected chi connectivity index (χ1v) is 7.45. The van der Waals surface area contributed by atoms with E-state index in [0.717, 1.165) is 30.7 Å². The second-order valence-electron chi connectivity index (χ2n) is 6.26. The molecule has 0 N–H and O–H groups in total. The highest BCUT2D eigenvalue weighted by molar-refractivity contribution is 5.72. The summed E-state index contributed by atoms with van der Waals surface area (Å²) >= 11 is 0. The van der Waals surface area contributed by atoms with E-state index in [-0.39, 0.29) is 5.41 Å². The van der Waals surface area contributed by atoms with Crippen LogP contribution in [-0.4, -0.2) is 31.3 Å². The minimum atomic E-state index is 0.266. The summed E-state index contributed by atoms with van der Waals surface area (Å²) < 4.78 is 5.47. The van der Waals surface area contributed by atoms with E-state index >= 15 is 0 Å². The topological polar surface area (TPSA) is 33.5 Å². The number of furan rings is 1. The van der Waals surface area contributed by atoms with E-state index in [1.54, 1.807) is 6.07 Å². The molecule has 0 spiro atoms. The molecule has 1 aromatic carbocycles. The fraction of sp³-hybridized carbons (Fsp3) is 0.389. The molecule has 1 saturated heterocycles. The van der Waals surface area contributed by atoms with E-state index in [2.05, 4.69) is 43.1 Å². The predicted molar refractivity (Wildman–Crippen MR) is 83.6 cm³/mol. The van der Waals surface area contributed by atoms with Crippen LogP contribution in [0.4, 0.5) is 0 Å². The standard InChI is InChI=1S/C18H21NO2/c1-18(9-11-19(2)12-10-18)15-5-3-14(4-6-15)17-8-7-16(13-20)21-17/h3-8,13H,9-12H2,1-2H3. The predicted octanol–water partition coefficient (Wildman–Crippen LogP) is 3.74. The number of benzene rings is 1. The highest BCUT2D eigenvalue weighted by atomic mass is 16.3. The van der Waals surface area contributed by atoms with Crippen molar-refractivity contribution in [1.29, 1.82) is 0 Å². The Hall–Kier alpha value is -1.87. The molecule has 3 nitrogen and oxygen atoms in total. The third kappa shape index (κ3) is 2.79. The highest BCUT2D eigenvalue weighted by Crippen LogP contribution is 2.35. The van der Waals surface area contributed by atoms with Crippen LogP contribution in [0.2, 0.25) is 0 Å². The Labute approximate surface area is 125 Å². The summed E-state index contributed by atoms with van der Waals surface area (Å²) in [6.07, 6.45) is 3.12. The van der Waals surface area contributed by atoms with Crippen molar-refractivity contribution in [2.75, 3.05) is 20.1 Å². The fourth-order valence-corrected chi connectivity index (χ4v) is 3.01. The van der Waals surface area contributed by atoms with Gasteiger partial charge in [0.2, 0.25) is 0 Å². The van der Waals surface area contributed by atoms with Crippen LogP contribution in [0.15, 0.2) is 40.8 Å². The minimum Gasteiger partial charge on any atom is -0.453 e. The second kappa shape index (κ2) is 5.49. The zero-order chi connectivity index (χ0) is 14.9. The molecular formula is C18H21NO2. The molecule has 0 aliphatic carbocycles. The number of aldehydes is 1. The van der Waals surface area contributed by atoms with Gasteiger partial charge in [-0.15, -0.1) is 0 Å². The van der Waals surface area contributed by atoms with Gasteiger partial charge in [-0.3, -0.25) is 4.79 Å². The molecular weight excluding hydrogens is 262 g/mol. The van der Waals surface area contributed by atoms with Gasteiger partial charge < -0.3 is 9.32 Å². The van der Waals surface area contributed by atoms with Gasteiger partial charge in [-0.2, -0.15) is 0 Å². The number of carbonyl (C=O) groups is 1. The van der Waals surface area contributed by atoms with Gasteiger partial charge in [-0.05, 0) is 56.1 Å². The molecule has 0 radical (unpaired) electrons. The van der Waals surface area contributed by atoms with Gasteiger partial charge in [0.15, 0.2) is 12.0 Å². The van der Waals surface area contributed by atoms with Crippen LogP contribution in [0.5, 0.6) is 0 Å². The van der Waals surface area contributed by atoms with Crippen LogP contribution < -0.4 is 0 Å². The molecule has 0 saturated carbocycles. The summed E-state index contributed by atoms with van der Waals surface area (Å²) in [5.41, 5.74) is 2.67. The first-order valence-electron chi connectivity index (χ1n) is 7.45. The van der Waals surface area contributed by atoms with Crippen LogP contribution >= 0.6 is 0 Å². The average Bonchev–Trinajstić information content (AvgIpc) is 3.00. The first-order chi connectivity index (χ1) is 10.1. The van der Waals surface area contributed by atoms with E-state index in [4.69, 9.17) is 4.42 Å². The van der Waals surface area contributed by atoms with E-state index in [9.17, 15) is 4.79 Å². The molecule has 1 aliphatic heterocycles. The van der Waals surface area contributed by atoms with Crippen molar-refractivity contribution in [3.8, 4) is 11.3 Å². The summed E-state index contributed by atoms with van der Waals surface area (Å²) in [5, 5.41) is 0. The Morgan fingerprint density at radius 1 is 1.10 bits per heavy atom. The van der Waals surface area contributed by atoms with E-state index < -0.39 is 0 Å². The van der Waals surface area contributed by atoms with Crippen molar-refractivity contribution in [3.05, 3.63) is 47.7 Å². The maximum atomic E-state index is 10.7. The number of rotatable bonds is 3. The van der Waals surface area contributed by atoms with Gasteiger partial charge in [0.05, 0.1) is 0 Å². The SMILES string of the molecule is CN1CCC(C)(c2ccc(-c3ccc(C=O)o3)cc2)CC1. The monoisotopic (exact) mass is 283 g/mol. The van der Waals surface area contributed by atoms with Crippen LogP contribution in [0, 0.1) is 0 Å². The summed E-state index contributed by atoms with van der Waals surface area (Å²) in [5.74, 6) is 1.12. The quantitative estimate of drug-likeness (QED) is 0.805. The zero-order valence-electron chi connectivity index (χ0n) is 12.6. The van der Waals surface area contributed by atoms with Crippen molar-refractivity contribution in [2.45, 2.75) is 25.2 Å². The molecule has 1 aromatic heterocycles. The number of nitrogens with zero attached hydrogens (tertiary/aromatic N) is 1. The molecule has 3 heteroatoms. The lowest BCUT2D eigenvalue weighted by atomic mass is 9.74. The summed E-state index contributed by atoms with van der Waals surface area (Å²) in [6.45, 7) is 4.66. The molecule has 0 atom stereocenters. The minimum absolute atomic E-state index is 0.266. The molecule has 0 amide bonds. The van der Waals surface area contributed by atoms with Crippen LogP contribution in [0.1, 0.15) is 35.9 Å². The normalized spacial score (nSPS) is 18.6. The Morgan fingerprint density at radius 3 is 2.33 bits per heavy atom. The molecule has 2 heterocycles. The van der Waals surface area contributed by atoms with Crippen molar-refractivity contribution in [1.82, 2.24) is 4.90 Å². The van der Waals surface area contributed by atoms with Gasteiger partial charge in [0.1, 0.15) is 5.76 Å². The summed E-state index contributed by atoms with van der Waals surface area (Å²) in [4.78, 5) is 13.1. The van der Waals surface area contributed by atoms with Crippen molar-refractivity contribution in [3.63, 3.8) is 0 Å². The van der Waals surface area contributed by atoms with Gasteiger partial charge >= 0.3 is 0 Å². The molecule has 0 bridgehead atoms. The molecule has 21 heavy (non-hydrogen) atoms. The number of carbonyl (C=O) groups excluding carboxylic acids is 1. The molecule has 2 aromatic rings. The van der Waals surface area contributed by atoms with Gasteiger partial charge in [-0.1, -0.05) is 31.2 Å². The van der Waals surface area contributed by atoms with E-state index in [1.807, 2.05) is 6.07 Å². The Morgan fingerprint density at radius 2 is 1.76 bits per heavy atom. The number of hydrogen-bond donors (Lipinski definition) is 0. The van der Waals surface area contributed by atoms with Crippen LogP contribution in [-0.2, 0) is 5.41 Å². The van der Waals surface area contributed by atoms with Gasteiger partial charge in [0.25, 0.3) is 0 Å². The van der Waals surface area contributed by atoms with E-state index in [1.165, 1.54) is 18.4 Å². The smallest absolute Gasteiger partial charge is 0.185 e. The van der Waals surface area contributed by atoms with Crippen molar-refractivity contribution >= 4 is 6.29 Å². The fourth-order valence-electron chi connectivity index (χ4n) is 3.01. The van der Waals surface area contributed by atoms with E-state index in [0.29, 0.717) is 5.76 Å². The number of piperidine rings is 1. The second-order valence-corrected chi connectivity index (χ2v) is 6.26. The molecule has 110 valence electrons. The lowest BCUT2D eigenvalue weighted by Gasteiger charge is -2.38. The summed E-state index contributed by atoms with van der Waals surface area (Å²) in [6, 6.07) is 12.1. The lowest BCUT2D eigenvalue weighted by Crippen LogP contribution is -2.38. The molecule has 0 unspecified atom stereocenters. The van der Waals surface area contributed by atoms with Crippen molar-refractivity contribution in [2.24, 2.45) is 0 Å². The highest BCUT2D eigenvalue weighted by Gasteiger charge is 2.30. The Bertz CT molecular complexity index is 619. The molecule has 1 fully saturated rings. The largest absolute Gasteiger partial charge is 0.453 e. The first kappa shape index (κ1) is 14.1. The third-order valence-electron chi connectivity index (χ3n) is 4.70. The van der Waals surface area contributed by atoms with Gasteiger partial charge in [-0.25, -0.2) is 0 Å². The molecule has 1 aliphatic rings. The zero-order valence-corrected chi connectivity index (χ0v) is 12.6. The average molecular weight is 283 g/mol. The summed E-state index contributed by atoms with van der Waals surface area (Å²) in [7, 11) is 2.18. The molecule has 3 rings (SSSR count). The van der Waals surface area contributed by atoms with Crippen LogP contribution in [0.25, 0.3) is 11.3 Å². The number of likely N-dealkylation sites (tertiary alicyclic amines) is 1.